The van der Waals surface area contributed by atoms with Crippen molar-refractivity contribution in [1.82, 2.24) is 5.32 Å². The standard InChI is InChI=1S/C14H29NS/c1-5-15-12(9-10-14(2,3)4)13-8-6-7-11-16-13/h12-13,15H,5-11H2,1-4H3. The Bertz CT molecular complexity index is 180. The first kappa shape index (κ1) is 14.4. The van der Waals surface area contributed by atoms with Crippen LogP contribution in [0.1, 0.15) is 59.8 Å². The minimum Gasteiger partial charge on any atom is -0.313 e. The Morgan fingerprint density at radius 2 is 2.06 bits per heavy atom. The van der Waals surface area contributed by atoms with Gasteiger partial charge in [-0.25, -0.2) is 0 Å². The minimum absolute atomic E-state index is 0.479. The molecule has 1 N–H and O–H groups in total. The number of rotatable bonds is 5. The summed E-state index contributed by atoms with van der Waals surface area (Å²) < 4.78 is 0. The van der Waals surface area contributed by atoms with Gasteiger partial charge in [0.15, 0.2) is 0 Å². The molecule has 1 aliphatic rings. The monoisotopic (exact) mass is 243 g/mol. The fourth-order valence-corrected chi connectivity index (χ4v) is 3.82. The molecule has 0 spiro atoms. The van der Waals surface area contributed by atoms with Crippen LogP contribution in [0.25, 0.3) is 0 Å². The van der Waals surface area contributed by atoms with Crippen molar-refractivity contribution in [1.29, 1.82) is 0 Å². The summed E-state index contributed by atoms with van der Waals surface area (Å²) in [5.41, 5.74) is 0.479. The molecule has 0 aromatic rings. The Balaban J connectivity index is 2.39. The van der Waals surface area contributed by atoms with Crippen molar-refractivity contribution in [3.05, 3.63) is 0 Å². The summed E-state index contributed by atoms with van der Waals surface area (Å²) in [6.07, 6.45) is 6.97. The van der Waals surface area contributed by atoms with Gasteiger partial charge < -0.3 is 5.32 Å². The van der Waals surface area contributed by atoms with Crippen LogP contribution in [0.2, 0.25) is 0 Å². The van der Waals surface area contributed by atoms with E-state index in [1.165, 1.54) is 37.9 Å². The van der Waals surface area contributed by atoms with Crippen molar-refractivity contribution < 1.29 is 0 Å². The molecule has 0 amide bonds. The van der Waals surface area contributed by atoms with Crippen molar-refractivity contribution in [3.63, 3.8) is 0 Å². The third-order valence-electron chi connectivity index (χ3n) is 3.34. The Labute approximate surface area is 106 Å². The molecular weight excluding hydrogens is 214 g/mol. The van der Waals surface area contributed by atoms with E-state index in [1.54, 1.807) is 0 Å². The highest BCUT2D eigenvalue weighted by molar-refractivity contribution is 8.00. The maximum absolute atomic E-state index is 3.70. The van der Waals surface area contributed by atoms with Crippen molar-refractivity contribution in [3.8, 4) is 0 Å². The largest absolute Gasteiger partial charge is 0.313 e. The van der Waals surface area contributed by atoms with Crippen LogP contribution < -0.4 is 5.32 Å². The SMILES string of the molecule is CCNC(CCC(C)(C)C)C1CCCCS1. The zero-order valence-electron chi connectivity index (χ0n) is 11.5. The Kier molecular flexibility index (Phi) is 6.20. The van der Waals surface area contributed by atoms with Gasteiger partial charge in [0.25, 0.3) is 0 Å². The van der Waals surface area contributed by atoms with Crippen LogP contribution in [0.3, 0.4) is 0 Å². The molecule has 0 aliphatic carbocycles. The van der Waals surface area contributed by atoms with Gasteiger partial charge in [0.05, 0.1) is 0 Å². The molecule has 16 heavy (non-hydrogen) atoms. The van der Waals surface area contributed by atoms with E-state index in [0.717, 1.165) is 17.8 Å². The average molecular weight is 243 g/mol. The summed E-state index contributed by atoms with van der Waals surface area (Å²) in [5, 5.41) is 4.58. The van der Waals surface area contributed by atoms with Gasteiger partial charge >= 0.3 is 0 Å². The molecule has 1 heterocycles. The summed E-state index contributed by atoms with van der Waals surface area (Å²) in [5.74, 6) is 1.38. The molecule has 1 aliphatic heterocycles. The molecule has 1 saturated heterocycles. The van der Waals surface area contributed by atoms with Crippen LogP contribution in [-0.2, 0) is 0 Å². The summed E-state index contributed by atoms with van der Waals surface area (Å²) in [4.78, 5) is 0. The van der Waals surface area contributed by atoms with Crippen molar-refractivity contribution in [2.45, 2.75) is 71.1 Å². The molecule has 1 nitrogen and oxygen atoms in total. The molecule has 0 radical (unpaired) electrons. The minimum atomic E-state index is 0.479. The van der Waals surface area contributed by atoms with Crippen LogP contribution in [-0.4, -0.2) is 23.6 Å². The highest BCUT2D eigenvalue weighted by Crippen LogP contribution is 2.31. The summed E-state index contributed by atoms with van der Waals surface area (Å²) in [6, 6.07) is 0.745. The predicted molar refractivity (Wildman–Crippen MR) is 76.3 cm³/mol. The van der Waals surface area contributed by atoms with E-state index < -0.39 is 0 Å². The number of nitrogens with one attached hydrogen (secondary N) is 1. The molecule has 1 rings (SSSR count). The highest BCUT2D eigenvalue weighted by Gasteiger charge is 2.24. The topological polar surface area (TPSA) is 12.0 Å². The molecule has 2 heteroatoms. The lowest BCUT2D eigenvalue weighted by molar-refractivity contribution is 0.323. The zero-order chi connectivity index (χ0) is 12.0. The van der Waals surface area contributed by atoms with E-state index in [0.29, 0.717) is 5.41 Å². The molecule has 2 atom stereocenters. The third kappa shape index (κ3) is 5.58. The lowest BCUT2D eigenvalue weighted by Crippen LogP contribution is -2.40. The molecule has 0 saturated carbocycles. The quantitative estimate of drug-likeness (QED) is 0.781. The van der Waals surface area contributed by atoms with E-state index in [4.69, 9.17) is 0 Å². The first-order chi connectivity index (χ1) is 7.53. The van der Waals surface area contributed by atoms with Crippen LogP contribution in [0.4, 0.5) is 0 Å². The maximum Gasteiger partial charge on any atom is 0.0201 e. The van der Waals surface area contributed by atoms with E-state index in [2.05, 4.69) is 44.8 Å². The molecule has 0 aromatic carbocycles. The van der Waals surface area contributed by atoms with E-state index in [1.807, 2.05) is 0 Å². The second kappa shape index (κ2) is 6.90. The molecule has 2 unspecified atom stereocenters. The van der Waals surface area contributed by atoms with E-state index >= 15 is 0 Å². The third-order valence-corrected chi connectivity index (χ3v) is 4.85. The number of hydrogen-bond donors (Lipinski definition) is 1. The van der Waals surface area contributed by atoms with Crippen molar-refractivity contribution in [2.75, 3.05) is 12.3 Å². The smallest absolute Gasteiger partial charge is 0.0201 e. The molecule has 1 fully saturated rings. The van der Waals surface area contributed by atoms with Crippen LogP contribution >= 0.6 is 11.8 Å². The zero-order valence-corrected chi connectivity index (χ0v) is 12.3. The number of hydrogen-bond acceptors (Lipinski definition) is 2. The van der Waals surface area contributed by atoms with Crippen molar-refractivity contribution >= 4 is 11.8 Å². The predicted octanol–water partition coefficient (Wildman–Crippen LogP) is 4.08. The van der Waals surface area contributed by atoms with Gasteiger partial charge in [0, 0.05) is 11.3 Å². The second-order valence-electron chi connectivity index (χ2n) is 6.17. The molecule has 0 bridgehead atoms. The summed E-state index contributed by atoms with van der Waals surface area (Å²) in [7, 11) is 0. The fourth-order valence-electron chi connectivity index (χ4n) is 2.35. The normalized spacial score (nSPS) is 24.4. The Morgan fingerprint density at radius 3 is 2.56 bits per heavy atom. The second-order valence-corrected chi connectivity index (χ2v) is 7.52. The summed E-state index contributed by atoms with van der Waals surface area (Å²) in [6.45, 7) is 10.4. The highest BCUT2D eigenvalue weighted by atomic mass is 32.2. The maximum atomic E-state index is 3.70. The van der Waals surface area contributed by atoms with E-state index in [9.17, 15) is 0 Å². The van der Waals surface area contributed by atoms with Gasteiger partial charge in [0.2, 0.25) is 0 Å². The lowest BCUT2D eigenvalue weighted by atomic mass is 9.87. The van der Waals surface area contributed by atoms with Gasteiger partial charge in [-0.2, -0.15) is 11.8 Å². The number of thioether (sulfide) groups is 1. The van der Waals surface area contributed by atoms with Gasteiger partial charge in [-0.3, -0.25) is 0 Å². The van der Waals surface area contributed by atoms with Gasteiger partial charge in [-0.1, -0.05) is 34.1 Å². The van der Waals surface area contributed by atoms with Crippen LogP contribution in [0.5, 0.6) is 0 Å². The molecule has 0 aromatic heterocycles. The average Bonchev–Trinajstić information content (AvgIpc) is 2.24. The van der Waals surface area contributed by atoms with Gasteiger partial charge in [-0.05, 0) is 43.4 Å². The van der Waals surface area contributed by atoms with Gasteiger partial charge in [0.1, 0.15) is 0 Å². The summed E-state index contributed by atoms with van der Waals surface area (Å²) >= 11 is 2.20. The first-order valence-electron chi connectivity index (χ1n) is 6.88. The Morgan fingerprint density at radius 1 is 1.31 bits per heavy atom. The fraction of sp³-hybridized carbons (Fsp3) is 1.00. The van der Waals surface area contributed by atoms with Crippen LogP contribution in [0.15, 0.2) is 0 Å². The lowest BCUT2D eigenvalue weighted by Gasteiger charge is -2.32. The van der Waals surface area contributed by atoms with Crippen LogP contribution in [0, 0.1) is 5.41 Å². The Hall–Kier alpha value is 0.310. The van der Waals surface area contributed by atoms with E-state index in [-0.39, 0.29) is 0 Å². The van der Waals surface area contributed by atoms with Crippen molar-refractivity contribution in [2.24, 2.45) is 5.41 Å². The molecule has 96 valence electrons. The molecular formula is C14H29NS. The first-order valence-corrected chi connectivity index (χ1v) is 7.93. The van der Waals surface area contributed by atoms with Gasteiger partial charge in [-0.15, -0.1) is 0 Å².